The lowest BCUT2D eigenvalue weighted by Crippen LogP contribution is -2.57. The molecule has 9 N–H and O–H groups in total. The molecule has 0 aliphatic carbocycles. The largest absolute Gasteiger partial charge is 0.480 e. The Morgan fingerprint density at radius 2 is 1.30 bits per heavy atom. The first-order valence-electron chi connectivity index (χ1n) is 15.0. The van der Waals surface area contributed by atoms with Gasteiger partial charge in [-0.05, 0) is 43.9 Å². The van der Waals surface area contributed by atoms with Gasteiger partial charge in [0.25, 0.3) is 0 Å². The highest BCUT2D eigenvalue weighted by molar-refractivity contribution is 8.02. The van der Waals surface area contributed by atoms with E-state index in [1.807, 2.05) is 31.2 Å². The highest BCUT2D eigenvalue weighted by atomic mass is 32.2. The zero-order chi connectivity index (χ0) is 32.9. The fraction of sp³-hybridized carbons (Fsp3) is 0.700. The van der Waals surface area contributed by atoms with E-state index in [2.05, 4.69) is 6.92 Å². The lowest BCUT2D eigenvalue weighted by molar-refractivity contribution is -0.233. The van der Waals surface area contributed by atoms with Crippen molar-refractivity contribution in [1.82, 2.24) is 0 Å². The Hall–Kier alpha value is -2.30. The molecule has 0 spiro atoms. The van der Waals surface area contributed by atoms with E-state index in [-0.39, 0.29) is 36.1 Å². The zero-order valence-corrected chi connectivity index (χ0v) is 26.5. The summed E-state index contributed by atoms with van der Waals surface area (Å²) in [6, 6.07) is -2.74. The first kappa shape index (κ1) is 39.7. The van der Waals surface area contributed by atoms with Gasteiger partial charge in [-0.15, -0.1) is 11.8 Å². The second kappa shape index (κ2) is 23.1. The molecule has 1 aliphatic heterocycles. The molecule has 1 fully saturated rings. The summed E-state index contributed by atoms with van der Waals surface area (Å²) < 4.78 is 25.0. The van der Waals surface area contributed by atoms with E-state index >= 15 is 0 Å². The molecule has 0 radical (unpaired) electrons. The molecule has 8 atom stereocenters. The van der Waals surface area contributed by atoms with Crippen molar-refractivity contribution in [3.8, 4) is 0 Å². The molecule has 1 aliphatic rings. The fourth-order valence-electron chi connectivity index (χ4n) is 4.57. The summed E-state index contributed by atoms with van der Waals surface area (Å²) in [5, 5.41) is 28.5. The molecule has 14 heteroatoms. The van der Waals surface area contributed by atoms with Crippen molar-refractivity contribution in [2.45, 2.75) is 94.9 Å². The third-order valence-corrected chi connectivity index (χ3v) is 8.06. The van der Waals surface area contributed by atoms with Crippen LogP contribution in [0.3, 0.4) is 0 Å². The minimum absolute atomic E-state index is 0.0407. The number of aliphatic carboxylic acids is 3. The first-order chi connectivity index (χ1) is 21.0. The molecule has 0 saturated carbocycles. The van der Waals surface area contributed by atoms with Crippen molar-refractivity contribution in [3.63, 3.8) is 0 Å². The number of carboxylic acids is 3. The van der Waals surface area contributed by atoms with E-state index in [1.165, 1.54) is 11.8 Å². The predicted octanol–water partition coefficient (Wildman–Crippen LogP) is 2.13. The Balaban J connectivity index is 2.84. The molecule has 252 valence electrons. The molecule has 13 nitrogen and oxygen atoms in total. The molecule has 1 saturated heterocycles. The van der Waals surface area contributed by atoms with E-state index < -0.39 is 36.0 Å². The predicted molar refractivity (Wildman–Crippen MR) is 168 cm³/mol. The molecule has 44 heavy (non-hydrogen) atoms. The summed E-state index contributed by atoms with van der Waals surface area (Å²) in [5.74, 6) is -2.88. The number of hydrogen-bond acceptors (Lipinski definition) is 11. The van der Waals surface area contributed by atoms with Gasteiger partial charge in [0.15, 0.2) is 0 Å². The van der Waals surface area contributed by atoms with E-state index in [9.17, 15) is 14.4 Å². The summed E-state index contributed by atoms with van der Waals surface area (Å²) in [4.78, 5) is 32.7. The molecule has 0 amide bonds. The number of ether oxygens (including phenoxy) is 4. The molecule has 0 aromatic carbocycles. The van der Waals surface area contributed by atoms with Crippen molar-refractivity contribution in [2.75, 3.05) is 32.2 Å². The van der Waals surface area contributed by atoms with Gasteiger partial charge < -0.3 is 51.5 Å². The third-order valence-electron chi connectivity index (χ3n) is 7.12. The van der Waals surface area contributed by atoms with Gasteiger partial charge in [0.1, 0.15) is 24.2 Å². The maximum absolute atomic E-state index is 10.9. The van der Waals surface area contributed by atoms with Gasteiger partial charge in [-0.3, -0.25) is 14.4 Å². The molecule has 0 bridgehead atoms. The average molecular weight is 646 g/mol. The number of carboxylic acid groups (broad SMARTS) is 3. The smallest absolute Gasteiger partial charge is 0.321 e. The number of allylic oxidation sites excluding steroid dienone is 2. The minimum Gasteiger partial charge on any atom is -0.480 e. The summed E-state index contributed by atoms with van der Waals surface area (Å²) in [6.45, 7) is 5.32. The van der Waals surface area contributed by atoms with Crippen LogP contribution < -0.4 is 17.2 Å². The maximum atomic E-state index is 10.9. The number of carbonyl (C=O) groups is 3. The van der Waals surface area contributed by atoms with Gasteiger partial charge >= 0.3 is 17.9 Å². The molecule has 0 aromatic heterocycles. The molecule has 5 unspecified atom stereocenters. The van der Waals surface area contributed by atoms with Crippen LogP contribution in [0.4, 0.5) is 0 Å². The van der Waals surface area contributed by atoms with Gasteiger partial charge in [-0.2, -0.15) is 0 Å². The van der Waals surface area contributed by atoms with Gasteiger partial charge in [0, 0.05) is 11.7 Å². The van der Waals surface area contributed by atoms with Crippen molar-refractivity contribution in [2.24, 2.45) is 23.1 Å². The van der Waals surface area contributed by atoms with Crippen LogP contribution >= 0.6 is 11.8 Å². The monoisotopic (exact) mass is 645 g/mol. The van der Waals surface area contributed by atoms with Gasteiger partial charge in [0.2, 0.25) is 0 Å². The quantitative estimate of drug-likeness (QED) is 0.0653. The number of rotatable bonds is 24. The normalized spacial score (nSPS) is 24.6. The standard InChI is InChI=1S/C30H51N3O10S/c1-3-20-25(18-40-14-11-17-44-19-23(33)30(38)39)43-24(4-2)27(42-16-10-6-8-13-22(32)29(36)37)26(20)41-15-9-5-7-12-21(31)28(34)35/h5-6,9-11,17,20-27H,3-4,7-8,12-16,18-19,31-33H2,1-2H3,(H,34,35)(H,36,37)(H,38,39)/b9-5+,10-6+,17-11+/t20-,21?,22?,23?,24+,25?,26+,27?/m1/s1. The summed E-state index contributed by atoms with van der Waals surface area (Å²) in [6.07, 6.45) is 11.1. The third kappa shape index (κ3) is 15.6. The highest BCUT2D eigenvalue weighted by Crippen LogP contribution is 2.34. The number of thioether (sulfide) groups is 1. The molecular formula is C30H51N3O10S. The second-order valence-corrected chi connectivity index (χ2v) is 11.4. The van der Waals surface area contributed by atoms with E-state index in [4.69, 9.17) is 51.5 Å². The zero-order valence-electron chi connectivity index (χ0n) is 25.7. The topological polar surface area (TPSA) is 227 Å². The summed E-state index contributed by atoms with van der Waals surface area (Å²) in [7, 11) is 0. The summed E-state index contributed by atoms with van der Waals surface area (Å²) >= 11 is 1.30. The maximum Gasteiger partial charge on any atom is 0.321 e. The Kier molecular flexibility index (Phi) is 20.9. The van der Waals surface area contributed by atoms with Crippen LogP contribution in [-0.4, -0.2) is 108 Å². The summed E-state index contributed by atoms with van der Waals surface area (Å²) in [5.41, 5.74) is 16.6. The Morgan fingerprint density at radius 1 is 0.750 bits per heavy atom. The van der Waals surface area contributed by atoms with Crippen LogP contribution in [-0.2, 0) is 33.3 Å². The first-order valence-corrected chi connectivity index (χ1v) is 16.1. The molecule has 0 aromatic rings. The van der Waals surface area contributed by atoms with Gasteiger partial charge in [-0.1, -0.05) is 44.2 Å². The van der Waals surface area contributed by atoms with Gasteiger partial charge in [-0.25, -0.2) is 0 Å². The minimum atomic E-state index is -1.04. The fourth-order valence-corrected chi connectivity index (χ4v) is 5.25. The Labute approximate surface area is 264 Å². The average Bonchev–Trinajstić information content (AvgIpc) is 2.99. The van der Waals surface area contributed by atoms with Crippen molar-refractivity contribution in [3.05, 3.63) is 35.8 Å². The van der Waals surface area contributed by atoms with Crippen LogP contribution in [0.15, 0.2) is 35.8 Å². The van der Waals surface area contributed by atoms with E-state index in [1.54, 1.807) is 11.5 Å². The van der Waals surface area contributed by atoms with E-state index in [0.717, 1.165) is 6.42 Å². The van der Waals surface area contributed by atoms with Crippen LogP contribution in [0.2, 0.25) is 0 Å². The lowest BCUT2D eigenvalue weighted by atomic mass is 9.84. The van der Waals surface area contributed by atoms with Crippen molar-refractivity contribution in [1.29, 1.82) is 0 Å². The Morgan fingerprint density at radius 3 is 1.80 bits per heavy atom. The molecule has 1 rings (SSSR count). The van der Waals surface area contributed by atoms with Crippen LogP contribution in [0.5, 0.6) is 0 Å². The van der Waals surface area contributed by atoms with Crippen molar-refractivity contribution < 1.29 is 48.7 Å². The lowest BCUT2D eigenvalue weighted by Gasteiger charge is -2.46. The number of nitrogens with two attached hydrogens (primary N) is 3. The molecular weight excluding hydrogens is 594 g/mol. The highest BCUT2D eigenvalue weighted by Gasteiger charge is 2.45. The SMILES string of the molecule is CC[C@@H]1OC(COC/C=C/SCC(N)C(=O)O)[C@@H](CC)[C@H](OC/C=C/CCC(N)C(=O)O)C1OC/C=C/CCC(N)C(=O)O. The number of hydrogen-bond donors (Lipinski definition) is 6. The van der Waals surface area contributed by atoms with Crippen LogP contribution in [0, 0.1) is 5.92 Å². The van der Waals surface area contributed by atoms with Crippen molar-refractivity contribution >= 4 is 29.7 Å². The second-order valence-electron chi connectivity index (χ2n) is 10.5. The molecule has 1 heterocycles. The van der Waals surface area contributed by atoms with Gasteiger partial charge in [0.05, 0.1) is 44.7 Å². The Bertz CT molecular complexity index is 935. The van der Waals surface area contributed by atoms with Crippen LogP contribution in [0.1, 0.15) is 52.4 Å². The van der Waals surface area contributed by atoms with E-state index in [0.29, 0.717) is 58.5 Å². The van der Waals surface area contributed by atoms with Crippen LogP contribution in [0.25, 0.3) is 0 Å².